The van der Waals surface area contributed by atoms with Crippen LogP contribution in [0.5, 0.6) is 11.5 Å². The quantitative estimate of drug-likeness (QED) is 0.736. The Morgan fingerprint density at radius 1 is 1.11 bits per heavy atom. The Labute approximate surface area is 147 Å². The zero-order valence-electron chi connectivity index (χ0n) is 13.1. The summed E-state index contributed by atoms with van der Waals surface area (Å²) in [5.41, 5.74) is 1.28. The van der Waals surface area contributed by atoms with E-state index in [0.29, 0.717) is 12.1 Å². The number of hydrogen-bond donors (Lipinski definition) is 1. The number of nitrogens with two attached hydrogens (primary N) is 1. The molecule has 1 atom stereocenters. The van der Waals surface area contributed by atoms with Gasteiger partial charge in [0.05, 0.1) is 17.2 Å². The molecule has 10 heteroatoms. The van der Waals surface area contributed by atoms with Gasteiger partial charge in [0.25, 0.3) is 6.43 Å². The van der Waals surface area contributed by atoms with Gasteiger partial charge in [-0.05, 0) is 29.8 Å². The molecule has 1 aliphatic rings. The first-order chi connectivity index (χ1) is 12.5. The van der Waals surface area contributed by atoms with Crippen LogP contribution >= 0.6 is 0 Å². The van der Waals surface area contributed by atoms with Crippen LogP contribution in [0.3, 0.4) is 0 Å². The van der Waals surface area contributed by atoms with E-state index in [4.69, 9.17) is 15.7 Å². The first-order valence-electron chi connectivity index (χ1n) is 7.36. The van der Waals surface area contributed by atoms with Gasteiger partial charge in [0.1, 0.15) is 23.4 Å². The minimum absolute atomic E-state index is 0.195. The van der Waals surface area contributed by atoms with Crippen LogP contribution < -0.4 is 10.5 Å². The molecule has 0 fully saturated rings. The van der Waals surface area contributed by atoms with Gasteiger partial charge in [-0.2, -0.15) is 22.8 Å². The summed E-state index contributed by atoms with van der Waals surface area (Å²) < 4.78 is 101. The number of alkyl halides is 6. The van der Waals surface area contributed by atoms with Gasteiger partial charge in [-0.25, -0.2) is 13.2 Å². The van der Waals surface area contributed by atoms with Crippen molar-refractivity contribution in [2.75, 3.05) is 0 Å². The highest BCUT2D eigenvalue weighted by molar-refractivity contribution is 5.55. The number of nitrogens with zero attached hydrogens (tertiary/aromatic N) is 1. The Kier molecular flexibility index (Phi) is 4.31. The second kappa shape index (κ2) is 6.13. The predicted molar refractivity (Wildman–Crippen MR) is 78.4 cm³/mol. The molecule has 1 aliphatic carbocycles. The molecule has 0 amide bonds. The van der Waals surface area contributed by atoms with Gasteiger partial charge in [0.15, 0.2) is 0 Å². The van der Waals surface area contributed by atoms with Crippen LogP contribution in [0.4, 0.5) is 30.7 Å². The summed E-state index contributed by atoms with van der Waals surface area (Å²) in [6.45, 7) is 0. The molecule has 0 heterocycles. The van der Waals surface area contributed by atoms with Crippen molar-refractivity contribution in [2.24, 2.45) is 5.73 Å². The molecule has 0 aromatic heterocycles. The molecule has 2 N–H and O–H groups in total. The Balaban J connectivity index is 2.17. The number of rotatable bonds is 3. The fraction of sp³-hybridized carbons (Fsp3) is 0.235. The maximum Gasteiger partial charge on any atom is 0.337 e. The molecule has 0 radical (unpaired) electrons. The Morgan fingerprint density at radius 3 is 2.37 bits per heavy atom. The third kappa shape index (κ3) is 2.78. The van der Waals surface area contributed by atoms with Crippen LogP contribution in [0.25, 0.3) is 0 Å². The Morgan fingerprint density at radius 2 is 1.78 bits per heavy atom. The SMILES string of the molecule is N#Cc1cc(F)cc(Oc2ccc3c(c2C(F)F)[C@H](N)C(F)(F)C3(F)F)c1. The predicted octanol–water partition coefficient (Wildman–Crippen LogP) is 5.17. The van der Waals surface area contributed by atoms with Crippen LogP contribution in [-0.4, -0.2) is 5.92 Å². The standard InChI is InChI=1S/C17H9F7N2O/c18-8-3-7(6-25)4-9(5-8)27-11-2-1-10-12(13(11)15(19)20)14(26)17(23,24)16(10,21)22/h1-5,14-15H,26H2/t14-/m0/s1. The van der Waals surface area contributed by atoms with E-state index >= 15 is 0 Å². The van der Waals surface area contributed by atoms with E-state index in [9.17, 15) is 30.7 Å². The molecule has 0 spiro atoms. The van der Waals surface area contributed by atoms with Gasteiger partial charge in [-0.1, -0.05) is 0 Å². The van der Waals surface area contributed by atoms with Gasteiger partial charge in [-0.15, -0.1) is 0 Å². The average Bonchev–Trinajstić information content (AvgIpc) is 2.71. The zero-order valence-corrected chi connectivity index (χ0v) is 13.1. The fourth-order valence-corrected chi connectivity index (χ4v) is 2.91. The number of halogens is 7. The van der Waals surface area contributed by atoms with Crippen LogP contribution in [0.1, 0.15) is 34.7 Å². The van der Waals surface area contributed by atoms with Gasteiger partial charge >= 0.3 is 11.8 Å². The van der Waals surface area contributed by atoms with Crippen molar-refractivity contribution in [3.05, 3.63) is 58.4 Å². The van der Waals surface area contributed by atoms with Crippen molar-refractivity contribution in [3.63, 3.8) is 0 Å². The lowest BCUT2D eigenvalue weighted by Crippen LogP contribution is -2.40. The summed E-state index contributed by atoms with van der Waals surface area (Å²) in [6.07, 6.45) is -3.48. The molecule has 3 nitrogen and oxygen atoms in total. The maximum atomic E-state index is 13.9. The lowest BCUT2D eigenvalue weighted by atomic mass is 9.99. The van der Waals surface area contributed by atoms with Crippen LogP contribution in [0.2, 0.25) is 0 Å². The van der Waals surface area contributed by atoms with Crippen molar-refractivity contribution in [1.82, 2.24) is 0 Å². The van der Waals surface area contributed by atoms with Crippen molar-refractivity contribution < 1.29 is 35.5 Å². The largest absolute Gasteiger partial charge is 0.457 e. The molecule has 2 aromatic carbocycles. The number of ether oxygens (including phenoxy) is 1. The van der Waals surface area contributed by atoms with E-state index in [1.165, 1.54) is 0 Å². The summed E-state index contributed by atoms with van der Waals surface area (Å²) in [4.78, 5) is 0. The van der Waals surface area contributed by atoms with Gasteiger partial charge in [-0.3, -0.25) is 0 Å². The van der Waals surface area contributed by atoms with E-state index in [0.717, 1.165) is 18.2 Å². The lowest BCUT2D eigenvalue weighted by molar-refractivity contribution is -0.214. The van der Waals surface area contributed by atoms with E-state index in [2.05, 4.69) is 0 Å². The molecule has 142 valence electrons. The summed E-state index contributed by atoms with van der Waals surface area (Å²) >= 11 is 0. The second-order valence-electron chi connectivity index (χ2n) is 5.80. The smallest absolute Gasteiger partial charge is 0.337 e. The first kappa shape index (κ1) is 19.0. The lowest BCUT2D eigenvalue weighted by Gasteiger charge is -2.21. The van der Waals surface area contributed by atoms with Crippen LogP contribution in [0, 0.1) is 17.1 Å². The Bertz CT molecular complexity index is 953. The van der Waals surface area contributed by atoms with E-state index < -0.39 is 58.3 Å². The van der Waals surface area contributed by atoms with Crippen molar-refractivity contribution in [1.29, 1.82) is 5.26 Å². The molecule has 0 saturated heterocycles. The van der Waals surface area contributed by atoms with Gasteiger partial charge < -0.3 is 10.5 Å². The molecule has 2 aromatic rings. The molecular weight excluding hydrogens is 381 g/mol. The zero-order chi connectivity index (χ0) is 20.1. The summed E-state index contributed by atoms with van der Waals surface area (Å²) in [6, 6.07) is 2.71. The number of nitriles is 1. The minimum atomic E-state index is -4.77. The molecule has 27 heavy (non-hydrogen) atoms. The second-order valence-corrected chi connectivity index (χ2v) is 5.80. The third-order valence-electron chi connectivity index (χ3n) is 4.15. The number of benzene rings is 2. The molecule has 0 bridgehead atoms. The molecule has 0 unspecified atom stereocenters. The van der Waals surface area contributed by atoms with Crippen molar-refractivity contribution in [3.8, 4) is 17.6 Å². The minimum Gasteiger partial charge on any atom is -0.457 e. The van der Waals surface area contributed by atoms with Crippen molar-refractivity contribution in [2.45, 2.75) is 24.3 Å². The topological polar surface area (TPSA) is 59.0 Å². The molecule has 0 aliphatic heterocycles. The summed E-state index contributed by atoms with van der Waals surface area (Å²) in [5.74, 6) is -11.6. The molecular formula is C17H9F7N2O. The highest BCUT2D eigenvalue weighted by Crippen LogP contribution is 2.59. The average molecular weight is 390 g/mol. The Hall–Kier alpha value is -2.80. The fourth-order valence-electron chi connectivity index (χ4n) is 2.91. The number of fused-ring (bicyclic) bond motifs is 1. The first-order valence-corrected chi connectivity index (χ1v) is 7.36. The summed E-state index contributed by atoms with van der Waals surface area (Å²) in [5, 5.41) is 8.80. The monoisotopic (exact) mass is 390 g/mol. The highest BCUT2D eigenvalue weighted by atomic mass is 19.3. The summed E-state index contributed by atoms with van der Waals surface area (Å²) in [7, 11) is 0. The third-order valence-corrected chi connectivity index (χ3v) is 4.15. The normalized spacial score (nSPS) is 19.6. The molecule has 3 rings (SSSR count). The maximum absolute atomic E-state index is 13.9. The van der Waals surface area contributed by atoms with Gasteiger partial charge in [0, 0.05) is 11.6 Å². The van der Waals surface area contributed by atoms with E-state index in [1.807, 2.05) is 0 Å². The number of hydrogen-bond acceptors (Lipinski definition) is 3. The van der Waals surface area contributed by atoms with Crippen molar-refractivity contribution >= 4 is 0 Å². The highest BCUT2D eigenvalue weighted by Gasteiger charge is 2.68. The van der Waals surface area contributed by atoms with Crippen LogP contribution in [0.15, 0.2) is 30.3 Å². The van der Waals surface area contributed by atoms with E-state index in [1.54, 1.807) is 6.07 Å². The van der Waals surface area contributed by atoms with Crippen LogP contribution in [-0.2, 0) is 5.92 Å². The van der Waals surface area contributed by atoms with E-state index in [-0.39, 0.29) is 5.56 Å². The molecule has 0 saturated carbocycles. The van der Waals surface area contributed by atoms with Gasteiger partial charge in [0.2, 0.25) is 0 Å².